The highest BCUT2D eigenvalue weighted by Crippen LogP contribution is 2.16. The van der Waals surface area contributed by atoms with Gasteiger partial charge in [-0.15, -0.1) is 0 Å². The Labute approximate surface area is 107 Å². The summed E-state index contributed by atoms with van der Waals surface area (Å²) >= 11 is 0. The lowest BCUT2D eigenvalue weighted by molar-refractivity contribution is -0.130. The van der Waals surface area contributed by atoms with Gasteiger partial charge in [0, 0.05) is 31.8 Å². The highest BCUT2D eigenvalue weighted by atomic mass is 16.2. The predicted octanol–water partition coefficient (Wildman–Crippen LogP) is 0.566. The Morgan fingerprint density at radius 3 is 2.44 bits per heavy atom. The summed E-state index contributed by atoms with van der Waals surface area (Å²) in [5, 5.41) is 0. The van der Waals surface area contributed by atoms with Crippen molar-refractivity contribution in [2.45, 2.75) is 19.4 Å². The molecule has 1 aromatic carbocycles. The number of nitrogens with two attached hydrogens (primary N) is 2. The van der Waals surface area contributed by atoms with E-state index in [4.69, 9.17) is 11.5 Å². The van der Waals surface area contributed by atoms with Crippen LogP contribution < -0.4 is 11.5 Å². The molecule has 0 radical (unpaired) electrons. The van der Waals surface area contributed by atoms with Gasteiger partial charge in [0.2, 0.25) is 5.91 Å². The molecule has 1 amide bonds. The van der Waals surface area contributed by atoms with Gasteiger partial charge in [0.05, 0.1) is 6.04 Å². The first-order valence-electron chi connectivity index (χ1n) is 5.69. The number of carbonyl (C=O) groups is 2. The minimum atomic E-state index is -0.826. The lowest BCUT2D eigenvalue weighted by atomic mass is 10.0. The number of hydrogen-bond acceptors (Lipinski definition) is 4. The Balaban J connectivity index is 2.80. The van der Waals surface area contributed by atoms with Gasteiger partial charge >= 0.3 is 0 Å². The van der Waals surface area contributed by atoms with Crippen molar-refractivity contribution in [3.8, 4) is 0 Å². The van der Waals surface area contributed by atoms with E-state index < -0.39 is 6.04 Å². The fraction of sp³-hybridized carbons (Fsp3) is 0.385. The van der Waals surface area contributed by atoms with E-state index >= 15 is 0 Å². The second kappa shape index (κ2) is 5.64. The summed E-state index contributed by atoms with van der Waals surface area (Å²) in [6.07, 6.45) is -0.0374. The number of nitrogens with zero attached hydrogens (tertiary/aromatic N) is 1. The zero-order valence-corrected chi connectivity index (χ0v) is 10.9. The smallest absolute Gasteiger partial charge is 0.239 e. The number of Topliss-reactive ketones (excluding diaryl/α,β-unsaturated/α-hetero) is 1. The van der Waals surface area contributed by atoms with Gasteiger partial charge in [0.1, 0.15) is 0 Å². The van der Waals surface area contributed by atoms with Gasteiger partial charge in [-0.25, -0.2) is 0 Å². The van der Waals surface area contributed by atoms with Gasteiger partial charge in [0.25, 0.3) is 0 Å². The summed E-state index contributed by atoms with van der Waals surface area (Å²) in [4.78, 5) is 24.9. The van der Waals surface area contributed by atoms with Gasteiger partial charge in [-0.2, -0.15) is 0 Å². The summed E-state index contributed by atoms with van der Waals surface area (Å²) in [7, 11) is 3.21. The number of aryl methyl sites for hydroxylation is 1. The number of anilines is 1. The quantitative estimate of drug-likeness (QED) is 0.603. The molecule has 0 aliphatic carbocycles. The Kier molecular flexibility index (Phi) is 4.44. The maximum Gasteiger partial charge on any atom is 0.239 e. The molecule has 1 unspecified atom stereocenters. The third-order valence-corrected chi connectivity index (χ3v) is 2.67. The molecule has 0 spiro atoms. The highest BCUT2D eigenvalue weighted by molar-refractivity contribution is 6.03. The molecule has 0 saturated carbocycles. The molecule has 1 rings (SSSR count). The zero-order valence-electron chi connectivity index (χ0n) is 10.9. The number of hydrogen-bond donors (Lipinski definition) is 2. The largest absolute Gasteiger partial charge is 0.398 e. The second-order valence-electron chi connectivity index (χ2n) is 4.56. The van der Waals surface area contributed by atoms with Crippen molar-refractivity contribution in [1.29, 1.82) is 0 Å². The van der Waals surface area contributed by atoms with E-state index in [1.165, 1.54) is 4.90 Å². The van der Waals surface area contributed by atoms with Crippen LogP contribution in [0.1, 0.15) is 22.3 Å². The lowest BCUT2D eigenvalue weighted by Crippen LogP contribution is -2.41. The average Bonchev–Trinajstić information content (AvgIpc) is 2.27. The maximum atomic E-state index is 12.0. The first kappa shape index (κ1) is 14.2. The van der Waals surface area contributed by atoms with Crippen LogP contribution in [0.25, 0.3) is 0 Å². The van der Waals surface area contributed by atoms with Gasteiger partial charge in [0.15, 0.2) is 5.78 Å². The van der Waals surface area contributed by atoms with E-state index in [9.17, 15) is 9.59 Å². The zero-order chi connectivity index (χ0) is 13.9. The average molecular weight is 249 g/mol. The van der Waals surface area contributed by atoms with Gasteiger partial charge in [-0.1, -0.05) is 6.07 Å². The monoisotopic (exact) mass is 249 g/mol. The number of carbonyl (C=O) groups excluding carboxylic acids is 2. The molecule has 4 N–H and O–H groups in total. The summed E-state index contributed by atoms with van der Waals surface area (Å²) in [5.41, 5.74) is 13.3. The van der Waals surface area contributed by atoms with Crippen LogP contribution in [0.3, 0.4) is 0 Å². The summed E-state index contributed by atoms with van der Waals surface area (Å²) in [6, 6.07) is 4.38. The van der Waals surface area contributed by atoms with Crippen molar-refractivity contribution in [2.75, 3.05) is 19.8 Å². The van der Waals surface area contributed by atoms with Crippen LogP contribution in [0.2, 0.25) is 0 Å². The molecule has 98 valence electrons. The van der Waals surface area contributed by atoms with Crippen molar-refractivity contribution in [3.05, 3.63) is 29.3 Å². The lowest BCUT2D eigenvalue weighted by Gasteiger charge is -2.16. The number of benzene rings is 1. The highest BCUT2D eigenvalue weighted by Gasteiger charge is 2.20. The molecule has 0 aliphatic rings. The topological polar surface area (TPSA) is 89.4 Å². The molecule has 0 saturated heterocycles. The molecule has 5 heteroatoms. The minimum Gasteiger partial charge on any atom is -0.398 e. The van der Waals surface area contributed by atoms with E-state index in [0.717, 1.165) is 5.56 Å². The molecule has 5 nitrogen and oxygen atoms in total. The molecule has 0 heterocycles. The van der Waals surface area contributed by atoms with Gasteiger partial charge in [-0.05, 0) is 24.6 Å². The van der Waals surface area contributed by atoms with E-state index in [1.807, 2.05) is 13.0 Å². The SMILES string of the molecule is Cc1ccc(C(=O)CC(N)C(=O)N(C)C)c(N)c1. The van der Waals surface area contributed by atoms with Crippen LogP contribution in [-0.4, -0.2) is 36.7 Å². The van der Waals surface area contributed by atoms with Crippen molar-refractivity contribution >= 4 is 17.4 Å². The molecule has 18 heavy (non-hydrogen) atoms. The van der Waals surface area contributed by atoms with Gasteiger partial charge in [-0.3, -0.25) is 9.59 Å². The molecule has 0 aliphatic heterocycles. The fourth-order valence-corrected chi connectivity index (χ4v) is 1.66. The summed E-state index contributed by atoms with van der Waals surface area (Å²) in [5.74, 6) is -0.482. The van der Waals surface area contributed by atoms with Crippen molar-refractivity contribution in [3.63, 3.8) is 0 Å². The minimum absolute atomic E-state index is 0.0374. The maximum absolute atomic E-state index is 12.0. The first-order valence-corrected chi connectivity index (χ1v) is 5.69. The molecular weight excluding hydrogens is 230 g/mol. The normalized spacial score (nSPS) is 12.0. The van der Waals surface area contributed by atoms with Crippen LogP contribution in [0, 0.1) is 6.92 Å². The molecule has 1 atom stereocenters. The number of rotatable bonds is 4. The number of ketones is 1. The molecule has 0 aromatic heterocycles. The molecule has 0 bridgehead atoms. The number of likely N-dealkylation sites (N-methyl/N-ethyl adjacent to an activating group) is 1. The van der Waals surface area contributed by atoms with Crippen LogP contribution in [0.15, 0.2) is 18.2 Å². The van der Waals surface area contributed by atoms with Crippen LogP contribution >= 0.6 is 0 Å². The van der Waals surface area contributed by atoms with Crippen molar-refractivity contribution in [1.82, 2.24) is 4.90 Å². The Morgan fingerprint density at radius 2 is 1.94 bits per heavy atom. The molecular formula is C13H19N3O2. The second-order valence-corrected chi connectivity index (χ2v) is 4.56. The number of nitrogen functional groups attached to an aromatic ring is 1. The summed E-state index contributed by atoms with van der Waals surface area (Å²) in [6.45, 7) is 1.89. The Bertz CT molecular complexity index is 469. The standard InChI is InChI=1S/C13H19N3O2/c1-8-4-5-9(10(14)6-8)12(17)7-11(15)13(18)16(2)3/h4-6,11H,7,14-15H2,1-3H3. The van der Waals surface area contributed by atoms with E-state index in [1.54, 1.807) is 26.2 Å². The van der Waals surface area contributed by atoms with Crippen molar-refractivity contribution < 1.29 is 9.59 Å². The van der Waals surface area contributed by atoms with Crippen LogP contribution in [0.5, 0.6) is 0 Å². The first-order chi connectivity index (χ1) is 8.32. The van der Waals surface area contributed by atoms with Crippen molar-refractivity contribution in [2.24, 2.45) is 5.73 Å². The number of amides is 1. The van der Waals surface area contributed by atoms with E-state index in [0.29, 0.717) is 11.3 Å². The van der Waals surface area contributed by atoms with E-state index in [-0.39, 0.29) is 18.1 Å². The third kappa shape index (κ3) is 3.30. The van der Waals surface area contributed by atoms with E-state index in [2.05, 4.69) is 0 Å². The molecule has 0 fully saturated rings. The Morgan fingerprint density at radius 1 is 1.33 bits per heavy atom. The Hall–Kier alpha value is -1.88. The van der Waals surface area contributed by atoms with Crippen LogP contribution in [-0.2, 0) is 4.79 Å². The van der Waals surface area contributed by atoms with Crippen LogP contribution in [0.4, 0.5) is 5.69 Å². The summed E-state index contributed by atoms with van der Waals surface area (Å²) < 4.78 is 0. The fourth-order valence-electron chi connectivity index (χ4n) is 1.66. The van der Waals surface area contributed by atoms with Gasteiger partial charge < -0.3 is 16.4 Å². The third-order valence-electron chi connectivity index (χ3n) is 2.67. The molecule has 1 aromatic rings. The predicted molar refractivity (Wildman–Crippen MR) is 71.2 cm³/mol.